The summed E-state index contributed by atoms with van der Waals surface area (Å²) < 4.78 is 12.1. The zero-order chi connectivity index (χ0) is 13.1. The van der Waals surface area contributed by atoms with Gasteiger partial charge in [-0.3, -0.25) is 0 Å². The van der Waals surface area contributed by atoms with Crippen LogP contribution in [0, 0.1) is 0 Å². The monoisotopic (exact) mass is 463 g/mol. The molecular formula is C9H12ClHgN3O4. The Morgan fingerprint density at radius 1 is 1.78 bits per heavy atom. The summed E-state index contributed by atoms with van der Waals surface area (Å²) in [7, 11) is 5.61. The van der Waals surface area contributed by atoms with Crippen molar-refractivity contribution in [3.63, 3.8) is 0 Å². The normalized spacial score (nSPS) is 27.1. The van der Waals surface area contributed by atoms with E-state index in [1.54, 1.807) is 0 Å². The number of ether oxygens (including phenoxy) is 1. The predicted molar refractivity (Wildman–Crippen MR) is 59.2 cm³/mol. The van der Waals surface area contributed by atoms with Crippen LogP contribution in [0.2, 0.25) is 0 Å². The Morgan fingerprint density at radius 2 is 2.56 bits per heavy atom. The predicted octanol–water partition coefficient (Wildman–Crippen LogP) is -0.358. The minimum atomic E-state index is -1.70. The third kappa shape index (κ3) is 3.21. The number of nitrogens with two attached hydrogens (primary N) is 1. The number of nitrogen functional groups attached to an aromatic ring is 1. The maximum atomic E-state index is 11.6. The molecule has 0 bridgehead atoms. The van der Waals surface area contributed by atoms with Crippen molar-refractivity contribution in [1.29, 1.82) is 0 Å². The van der Waals surface area contributed by atoms with Crippen molar-refractivity contribution in [2.45, 2.75) is 24.9 Å². The van der Waals surface area contributed by atoms with Gasteiger partial charge < -0.3 is 0 Å². The second-order valence-corrected chi connectivity index (χ2v) is 8.30. The number of halogens is 1. The average molecular weight is 462 g/mol. The molecule has 1 saturated heterocycles. The number of aliphatic hydroxyl groups is 1. The van der Waals surface area contributed by atoms with Gasteiger partial charge >= 0.3 is 120 Å². The van der Waals surface area contributed by atoms with E-state index >= 15 is 0 Å². The number of nitrogens with zero attached hydrogens (tertiary/aromatic N) is 2. The van der Waals surface area contributed by atoms with Crippen LogP contribution in [0.1, 0.15) is 12.6 Å². The summed E-state index contributed by atoms with van der Waals surface area (Å²) in [5, 5.41) is 9.81. The molecule has 1 fully saturated rings. The molecule has 0 aliphatic carbocycles. The summed E-state index contributed by atoms with van der Waals surface area (Å²) in [6.07, 6.45) is 0.168. The topological polar surface area (TPSA) is 99.6 Å². The van der Waals surface area contributed by atoms with Crippen LogP contribution in [-0.2, 0) is 31.2 Å². The van der Waals surface area contributed by atoms with E-state index < -0.39 is 47.9 Å². The van der Waals surface area contributed by atoms with Gasteiger partial charge in [-0.15, -0.1) is 0 Å². The molecule has 2 rings (SSSR count). The number of aromatic nitrogens is 2. The van der Waals surface area contributed by atoms with Gasteiger partial charge in [0.25, 0.3) is 0 Å². The van der Waals surface area contributed by atoms with Gasteiger partial charge in [-0.25, -0.2) is 0 Å². The Morgan fingerprint density at radius 3 is 3.22 bits per heavy atom. The van der Waals surface area contributed by atoms with E-state index in [1.165, 1.54) is 16.8 Å². The Labute approximate surface area is 119 Å². The first-order valence-corrected chi connectivity index (χ1v) is 14.4. The summed E-state index contributed by atoms with van der Waals surface area (Å²) in [5.74, 6) is 0.159. The van der Waals surface area contributed by atoms with E-state index in [2.05, 4.69) is 4.98 Å². The molecule has 1 aromatic heterocycles. The van der Waals surface area contributed by atoms with Gasteiger partial charge in [-0.1, -0.05) is 0 Å². The molecule has 3 atom stereocenters. The van der Waals surface area contributed by atoms with Crippen molar-refractivity contribution < 1.29 is 36.3 Å². The molecule has 7 nitrogen and oxygen atoms in total. The molecule has 1 aliphatic heterocycles. The summed E-state index contributed by atoms with van der Waals surface area (Å²) in [4.78, 5) is 15.2. The Hall–Kier alpha value is -0.215. The molecule has 0 amide bonds. The summed E-state index contributed by atoms with van der Waals surface area (Å²) in [6, 6.07) is 1.51. The van der Waals surface area contributed by atoms with Crippen LogP contribution in [0.3, 0.4) is 0 Å². The quantitative estimate of drug-likeness (QED) is 0.594. The second-order valence-electron chi connectivity index (χ2n) is 3.95. The van der Waals surface area contributed by atoms with Crippen molar-refractivity contribution in [3.05, 3.63) is 22.7 Å². The van der Waals surface area contributed by atoms with Crippen molar-refractivity contribution in [3.8, 4) is 0 Å². The molecule has 1 aliphatic rings. The van der Waals surface area contributed by atoms with E-state index in [4.69, 9.17) is 21.4 Å². The molecule has 96 valence electrons. The van der Waals surface area contributed by atoms with E-state index in [-0.39, 0.29) is 12.4 Å². The van der Waals surface area contributed by atoms with E-state index in [0.717, 1.165) is 0 Å². The van der Waals surface area contributed by atoms with Gasteiger partial charge in [0.15, 0.2) is 0 Å². The maximum absolute atomic E-state index is 11.6. The summed E-state index contributed by atoms with van der Waals surface area (Å²) >= 11 is -1.70. The van der Waals surface area contributed by atoms with Gasteiger partial charge in [-0.2, -0.15) is 0 Å². The molecule has 0 aromatic carbocycles. The third-order valence-corrected chi connectivity index (χ3v) is 5.60. The fourth-order valence-electron chi connectivity index (χ4n) is 1.84. The van der Waals surface area contributed by atoms with Crippen LogP contribution in [0.15, 0.2) is 17.1 Å². The Kier molecular flexibility index (Phi) is 4.96. The molecular weight excluding hydrogens is 450 g/mol. The Balaban J connectivity index is 2.09. The standard InChI is InChI=1S/C9H12N3O4.ClH.Hg/c10-7-1-2-12(9(15)11-7)8-3-5(14)6(4-13)16-8;;/h1-2,5-6,8,14H,3-4H2,(H2,10,11,15);1H;/q-1;;+2/p-1/t5-,6+,8+;;/m0../s1. The second kappa shape index (κ2) is 6.29. The number of anilines is 1. The fraction of sp³-hybridized carbons (Fsp3) is 0.556. The van der Waals surface area contributed by atoms with Crippen molar-refractivity contribution in [2.24, 2.45) is 0 Å². The zero-order valence-electron chi connectivity index (χ0n) is 9.53. The first-order valence-electron chi connectivity index (χ1n) is 5.43. The van der Waals surface area contributed by atoms with Gasteiger partial charge in [-0.05, 0) is 0 Å². The fourth-order valence-corrected chi connectivity index (χ4v) is 3.87. The van der Waals surface area contributed by atoms with E-state index in [0.29, 0.717) is 6.42 Å². The molecule has 1 aromatic rings. The van der Waals surface area contributed by atoms with Crippen LogP contribution >= 0.6 is 8.25 Å². The molecule has 3 N–H and O–H groups in total. The SMILES string of the molecule is Nc1ccn([C@H]2C[C@H](O)[C@@H](C[O][Hg][Cl])O2)c(=O)n1. The van der Waals surface area contributed by atoms with Crippen molar-refractivity contribution in [2.75, 3.05) is 12.3 Å². The van der Waals surface area contributed by atoms with Crippen LogP contribution in [-0.4, -0.2) is 33.5 Å². The van der Waals surface area contributed by atoms with Crippen LogP contribution < -0.4 is 11.4 Å². The average Bonchev–Trinajstić information content (AvgIpc) is 2.68. The molecule has 9 heteroatoms. The van der Waals surface area contributed by atoms with Gasteiger partial charge in [0, 0.05) is 0 Å². The number of hydrogen-bond acceptors (Lipinski definition) is 6. The number of hydrogen-bond donors (Lipinski definition) is 2. The Bertz CT molecular complexity index is 471. The van der Waals surface area contributed by atoms with Crippen LogP contribution in [0.4, 0.5) is 5.82 Å². The van der Waals surface area contributed by atoms with Gasteiger partial charge in [0.1, 0.15) is 0 Å². The molecule has 2 heterocycles. The molecule has 18 heavy (non-hydrogen) atoms. The van der Waals surface area contributed by atoms with E-state index in [1.807, 2.05) is 0 Å². The molecule has 0 saturated carbocycles. The van der Waals surface area contributed by atoms with E-state index in [9.17, 15) is 9.90 Å². The van der Waals surface area contributed by atoms with Gasteiger partial charge in [0.2, 0.25) is 0 Å². The van der Waals surface area contributed by atoms with Crippen LogP contribution in [0.5, 0.6) is 0 Å². The minimum absolute atomic E-state index is 0.159. The van der Waals surface area contributed by atoms with Crippen molar-refractivity contribution >= 4 is 14.1 Å². The number of aliphatic hydroxyl groups excluding tert-OH is 1. The third-order valence-electron chi connectivity index (χ3n) is 2.73. The van der Waals surface area contributed by atoms with Gasteiger partial charge in [0.05, 0.1) is 0 Å². The number of rotatable bonds is 4. The molecule has 0 radical (unpaired) electrons. The molecule has 0 spiro atoms. The zero-order valence-corrected chi connectivity index (χ0v) is 15.8. The van der Waals surface area contributed by atoms with Crippen LogP contribution in [0.25, 0.3) is 0 Å². The first kappa shape index (κ1) is 14.2. The molecule has 0 unspecified atom stereocenters. The van der Waals surface area contributed by atoms with Crippen molar-refractivity contribution in [1.82, 2.24) is 9.55 Å². The summed E-state index contributed by atoms with van der Waals surface area (Å²) in [6.45, 7) is 0.278. The summed E-state index contributed by atoms with van der Waals surface area (Å²) in [5.41, 5.74) is 4.91. The first-order chi connectivity index (χ1) is 8.61.